The maximum absolute atomic E-state index is 12.0. The minimum absolute atomic E-state index is 0.0733. The highest BCUT2D eigenvalue weighted by molar-refractivity contribution is 6.30. The molecule has 1 heterocycles. The smallest absolute Gasteiger partial charge is 0.252 e. The Bertz CT molecular complexity index is 639. The summed E-state index contributed by atoms with van der Waals surface area (Å²) in [6.45, 7) is 5.74. The molecule has 0 atom stereocenters. The van der Waals surface area contributed by atoms with Gasteiger partial charge in [0.05, 0.1) is 5.56 Å². The monoisotopic (exact) mass is 345 g/mol. The lowest BCUT2D eigenvalue weighted by Crippen LogP contribution is -2.25. The Hall–Kier alpha value is -2.07. The maximum Gasteiger partial charge on any atom is 0.252 e. The molecule has 0 aliphatic rings. The first-order valence-electron chi connectivity index (χ1n) is 8.27. The number of pyridine rings is 1. The third kappa shape index (κ3) is 6.20. The fourth-order valence-electron chi connectivity index (χ4n) is 2.20. The van der Waals surface area contributed by atoms with E-state index in [1.807, 2.05) is 30.3 Å². The molecule has 2 N–H and O–H groups in total. The highest BCUT2D eigenvalue weighted by Crippen LogP contribution is 2.10. The second-order valence-electron chi connectivity index (χ2n) is 6.17. The number of nitrogens with one attached hydrogen (secondary N) is 2. The van der Waals surface area contributed by atoms with Crippen molar-refractivity contribution in [3.05, 3.63) is 58.7 Å². The molecule has 0 unspecified atom stereocenters. The number of halogens is 1. The number of amides is 1. The van der Waals surface area contributed by atoms with Crippen molar-refractivity contribution in [1.82, 2.24) is 10.3 Å². The van der Waals surface area contributed by atoms with Crippen molar-refractivity contribution in [3.8, 4) is 0 Å². The molecule has 1 aromatic carbocycles. The van der Waals surface area contributed by atoms with Crippen LogP contribution in [0, 0.1) is 5.92 Å². The van der Waals surface area contributed by atoms with Crippen molar-refractivity contribution in [2.45, 2.75) is 26.7 Å². The molecule has 4 nitrogen and oxygen atoms in total. The summed E-state index contributed by atoms with van der Waals surface area (Å²) in [7, 11) is 0. The lowest BCUT2D eigenvalue weighted by molar-refractivity contribution is 0.0951. The Balaban J connectivity index is 1.77. The third-order valence-corrected chi connectivity index (χ3v) is 3.92. The largest absolute Gasteiger partial charge is 0.370 e. The number of carbonyl (C=O) groups is 1. The van der Waals surface area contributed by atoms with Gasteiger partial charge in [-0.1, -0.05) is 37.6 Å². The second-order valence-corrected chi connectivity index (χ2v) is 6.61. The van der Waals surface area contributed by atoms with Gasteiger partial charge in [-0.15, -0.1) is 0 Å². The Morgan fingerprint density at radius 2 is 1.88 bits per heavy atom. The number of rotatable bonds is 8. The summed E-state index contributed by atoms with van der Waals surface area (Å²) >= 11 is 5.87. The van der Waals surface area contributed by atoms with Gasteiger partial charge in [0, 0.05) is 24.3 Å². The molecule has 2 aromatic rings. The molecule has 24 heavy (non-hydrogen) atoms. The van der Waals surface area contributed by atoms with E-state index in [4.69, 9.17) is 11.6 Å². The zero-order valence-electron chi connectivity index (χ0n) is 14.2. The molecule has 0 saturated carbocycles. The van der Waals surface area contributed by atoms with Gasteiger partial charge >= 0.3 is 0 Å². The predicted molar refractivity (Wildman–Crippen MR) is 99.7 cm³/mol. The molecule has 1 aromatic heterocycles. The van der Waals surface area contributed by atoms with Crippen LogP contribution in [0.5, 0.6) is 0 Å². The summed E-state index contributed by atoms with van der Waals surface area (Å²) in [6.07, 6.45) is 3.47. The molecule has 0 spiro atoms. The normalized spacial score (nSPS) is 10.7. The van der Waals surface area contributed by atoms with Crippen LogP contribution in [0.4, 0.5) is 5.82 Å². The van der Waals surface area contributed by atoms with Crippen LogP contribution in [0.1, 0.15) is 36.2 Å². The molecule has 0 aliphatic heterocycles. The van der Waals surface area contributed by atoms with Crippen molar-refractivity contribution in [2.75, 3.05) is 18.4 Å². The van der Waals surface area contributed by atoms with Crippen LogP contribution in [0.25, 0.3) is 0 Å². The molecular formula is C19H24ClN3O. The summed E-state index contributed by atoms with van der Waals surface area (Å²) in [4.78, 5) is 16.3. The first-order valence-corrected chi connectivity index (χ1v) is 8.65. The van der Waals surface area contributed by atoms with Crippen molar-refractivity contribution >= 4 is 23.3 Å². The Morgan fingerprint density at radius 1 is 1.12 bits per heavy atom. The quantitative estimate of drug-likeness (QED) is 0.755. The maximum atomic E-state index is 12.0. The summed E-state index contributed by atoms with van der Waals surface area (Å²) in [5, 5.41) is 6.91. The Labute approximate surface area is 148 Å². The van der Waals surface area contributed by atoms with E-state index >= 15 is 0 Å². The van der Waals surface area contributed by atoms with Crippen LogP contribution >= 0.6 is 11.6 Å². The van der Waals surface area contributed by atoms with Gasteiger partial charge in [0.25, 0.3) is 5.91 Å². The second kappa shape index (κ2) is 9.28. The minimum atomic E-state index is -0.0733. The van der Waals surface area contributed by atoms with Crippen LogP contribution in [0.15, 0.2) is 42.6 Å². The lowest BCUT2D eigenvalue weighted by Gasteiger charge is -2.08. The average molecular weight is 346 g/mol. The fourth-order valence-corrected chi connectivity index (χ4v) is 2.32. The first kappa shape index (κ1) is 18.3. The van der Waals surface area contributed by atoms with Crippen LogP contribution in [0.3, 0.4) is 0 Å². The van der Waals surface area contributed by atoms with Gasteiger partial charge in [0.1, 0.15) is 5.82 Å². The molecule has 2 rings (SSSR count). The number of nitrogens with zero attached hydrogens (tertiary/aromatic N) is 1. The van der Waals surface area contributed by atoms with E-state index in [2.05, 4.69) is 29.5 Å². The lowest BCUT2D eigenvalue weighted by atomic mass is 10.1. The van der Waals surface area contributed by atoms with Gasteiger partial charge < -0.3 is 10.6 Å². The van der Waals surface area contributed by atoms with Crippen LogP contribution in [-0.2, 0) is 6.42 Å². The Morgan fingerprint density at radius 3 is 2.50 bits per heavy atom. The Kier molecular flexibility index (Phi) is 7.07. The summed E-state index contributed by atoms with van der Waals surface area (Å²) in [6, 6.07) is 11.4. The minimum Gasteiger partial charge on any atom is -0.370 e. The van der Waals surface area contributed by atoms with Crippen molar-refractivity contribution in [3.63, 3.8) is 0 Å². The number of aromatic nitrogens is 1. The molecule has 0 bridgehead atoms. The first-order chi connectivity index (χ1) is 11.5. The van der Waals surface area contributed by atoms with E-state index in [1.54, 1.807) is 12.3 Å². The average Bonchev–Trinajstić information content (AvgIpc) is 2.57. The number of benzene rings is 1. The van der Waals surface area contributed by atoms with Crippen LogP contribution in [-0.4, -0.2) is 24.0 Å². The topological polar surface area (TPSA) is 54.0 Å². The molecule has 5 heteroatoms. The summed E-state index contributed by atoms with van der Waals surface area (Å²) in [5.74, 6) is 1.27. The number of anilines is 1. The van der Waals surface area contributed by atoms with Gasteiger partial charge in [0.15, 0.2) is 0 Å². The van der Waals surface area contributed by atoms with Gasteiger partial charge in [-0.05, 0) is 48.6 Å². The van der Waals surface area contributed by atoms with E-state index in [9.17, 15) is 4.79 Å². The van der Waals surface area contributed by atoms with Crippen molar-refractivity contribution in [2.24, 2.45) is 5.92 Å². The van der Waals surface area contributed by atoms with Gasteiger partial charge in [-0.3, -0.25) is 4.79 Å². The molecule has 128 valence electrons. The van der Waals surface area contributed by atoms with Gasteiger partial charge in [-0.25, -0.2) is 4.98 Å². The third-order valence-electron chi connectivity index (χ3n) is 3.67. The van der Waals surface area contributed by atoms with E-state index in [0.29, 0.717) is 18.0 Å². The highest BCUT2D eigenvalue weighted by Gasteiger charge is 2.06. The van der Waals surface area contributed by atoms with Crippen molar-refractivity contribution < 1.29 is 4.79 Å². The van der Waals surface area contributed by atoms with Crippen LogP contribution < -0.4 is 10.6 Å². The molecular weight excluding hydrogens is 322 g/mol. The van der Waals surface area contributed by atoms with Gasteiger partial charge in [0.2, 0.25) is 0 Å². The molecule has 0 radical (unpaired) electrons. The fraction of sp³-hybridized carbons (Fsp3) is 0.368. The van der Waals surface area contributed by atoms with Crippen LogP contribution in [0.2, 0.25) is 5.02 Å². The number of hydrogen-bond acceptors (Lipinski definition) is 3. The standard InChI is InChI=1S/C19H24ClN3O/c1-14(2)9-11-22-19(24)16-5-8-18(23-13-16)21-12-10-15-3-6-17(20)7-4-15/h3-8,13-14H,9-12H2,1-2H3,(H,21,23)(H,22,24). The zero-order chi connectivity index (χ0) is 17.4. The summed E-state index contributed by atoms with van der Waals surface area (Å²) in [5.41, 5.74) is 1.80. The molecule has 0 saturated heterocycles. The van der Waals surface area contributed by atoms with E-state index in [1.165, 1.54) is 5.56 Å². The summed E-state index contributed by atoms with van der Waals surface area (Å²) < 4.78 is 0. The van der Waals surface area contributed by atoms with Crippen molar-refractivity contribution in [1.29, 1.82) is 0 Å². The highest BCUT2D eigenvalue weighted by atomic mass is 35.5. The van der Waals surface area contributed by atoms with E-state index in [-0.39, 0.29) is 5.91 Å². The van der Waals surface area contributed by atoms with E-state index < -0.39 is 0 Å². The van der Waals surface area contributed by atoms with Gasteiger partial charge in [-0.2, -0.15) is 0 Å². The van der Waals surface area contributed by atoms with E-state index in [0.717, 1.165) is 30.2 Å². The molecule has 1 amide bonds. The number of hydrogen-bond donors (Lipinski definition) is 2. The zero-order valence-corrected chi connectivity index (χ0v) is 14.9. The predicted octanol–water partition coefficient (Wildman–Crippen LogP) is 4.17. The molecule has 0 aliphatic carbocycles. The number of carbonyl (C=O) groups excluding carboxylic acids is 1. The SMILES string of the molecule is CC(C)CCNC(=O)c1ccc(NCCc2ccc(Cl)cc2)nc1. The molecule has 0 fully saturated rings.